The Morgan fingerprint density at radius 1 is 1.27 bits per heavy atom. The van der Waals surface area contributed by atoms with Gasteiger partial charge in [0, 0.05) is 13.1 Å². The van der Waals surface area contributed by atoms with Crippen molar-refractivity contribution in [3.8, 4) is 11.4 Å². The molecular formula is C8H7F2N5. The van der Waals surface area contributed by atoms with Crippen LogP contribution in [-0.4, -0.2) is 20.2 Å². The number of nitrogens with zero attached hydrogens (tertiary/aromatic N) is 4. The van der Waals surface area contributed by atoms with E-state index >= 15 is 0 Å². The third-order valence-corrected chi connectivity index (χ3v) is 1.95. The van der Waals surface area contributed by atoms with E-state index in [1.165, 1.54) is 4.68 Å². The molecule has 0 amide bonds. The van der Waals surface area contributed by atoms with E-state index < -0.39 is 11.6 Å². The minimum atomic E-state index is -0.800. The van der Waals surface area contributed by atoms with Gasteiger partial charge in [-0.2, -0.15) is 0 Å². The predicted molar refractivity (Wildman–Crippen MR) is 48.6 cm³/mol. The molecule has 0 atom stereocenters. The number of benzene rings is 1. The molecule has 0 saturated heterocycles. The molecule has 2 aromatic rings. The topological polar surface area (TPSA) is 69.6 Å². The summed E-state index contributed by atoms with van der Waals surface area (Å²) in [5.41, 5.74) is 5.25. The monoisotopic (exact) mass is 211 g/mol. The van der Waals surface area contributed by atoms with Crippen molar-refractivity contribution in [2.45, 2.75) is 0 Å². The molecule has 0 aliphatic carbocycles. The summed E-state index contributed by atoms with van der Waals surface area (Å²) in [6.45, 7) is 0. The van der Waals surface area contributed by atoms with Crippen LogP contribution in [0.1, 0.15) is 0 Å². The fourth-order valence-corrected chi connectivity index (χ4v) is 1.19. The minimum absolute atomic E-state index is 0.0707. The van der Waals surface area contributed by atoms with Gasteiger partial charge in [0.1, 0.15) is 11.6 Å². The number of hydrogen-bond donors (Lipinski definition) is 1. The number of anilines is 1. The van der Waals surface area contributed by atoms with Gasteiger partial charge in [0.15, 0.2) is 5.82 Å². The Labute approximate surface area is 83.5 Å². The summed E-state index contributed by atoms with van der Waals surface area (Å²) in [7, 11) is 1.55. The molecule has 0 aliphatic rings. The number of hydrogen-bond acceptors (Lipinski definition) is 4. The second-order valence-corrected chi connectivity index (χ2v) is 2.98. The molecule has 0 radical (unpaired) electrons. The second kappa shape index (κ2) is 3.26. The number of nitrogen functional groups attached to an aromatic ring is 1. The lowest BCUT2D eigenvalue weighted by atomic mass is 10.1. The summed E-state index contributed by atoms with van der Waals surface area (Å²) in [4.78, 5) is 0. The molecule has 5 nitrogen and oxygen atoms in total. The molecule has 0 unspecified atom stereocenters. The van der Waals surface area contributed by atoms with Crippen LogP contribution in [0.15, 0.2) is 12.1 Å². The summed E-state index contributed by atoms with van der Waals surface area (Å²) >= 11 is 0. The van der Waals surface area contributed by atoms with Crippen LogP contribution in [0.5, 0.6) is 0 Å². The molecule has 0 saturated carbocycles. The molecule has 2 N–H and O–H groups in total. The van der Waals surface area contributed by atoms with Gasteiger partial charge >= 0.3 is 0 Å². The van der Waals surface area contributed by atoms with Crippen LogP contribution in [0.2, 0.25) is 0 Å². The average molecular weight is 211 g/mol. The van der Waals surface area contributed by atoms with E-state index in [0.29, 0.717) is 6.07 Å². The van der Waals surface area contributed by atoms with Gasteiger partial charge in [-0.05, 0) is 16.5 Å². The molecule has 0 spiro atoms. The van der Waals surface area contributed by atoms with Crippen molar-refractivity contribution in [3.63, 3.8) is 0 Å². The Morgan fingerprint density at radius 3 is 2.60 bits per heavy atom. The lowest BCUT2D eigenvalue weighted by Crippen LogP contribution is -1.99. The number of rotatable bonds is 1. The highest BCUT2D eigenvalue weighted by Gasteiger charge is 2.14. The average Bonchev–Trinajstić information content (AvgIpc) is 2.58. The number of aromatic nitrogens is 4. The molecule has 0 fully saturated rings. The first-order chi connectivity index (χ1) is 7.09. The van der Waals surface area contributed by atoms with Crippen LogP contribution in [0.25, 0.3) is 11.4 Å². The second-order valence-electron chi connectivity index (χ2n) is 2.98. The van der Waals surface area contributed by atoms with Crippen LogP contribution in [-0.2, 0) is 7.05 Å². The van der Waals surface area contributed by atoms with Gasteiger partial charge in [0.05, 0.1) is 11.3 Å². The maximum atomic E-state index is 13.4. The van der Waals surface area contributed by atoms with E-state index in [2.05, 4.69) is 15.5 Å². The highest BCUT2D eigenvalue weighted by molar-refractivity contribution is 5.62. The van der Waals surface area contributed by atoms with Crippen molar-refractivity contribution >= 4 is 5.69 Å². The number of nitrogens with two attached hydrogens (primary N) is 1. The number of halogens is 2. The molecule has 15 heavy (non-hydrogen) atoms. The van der Waals surface area contributed by atoms with Crippen molar-refractivity contribution in [1.82, 2.24) is 20.2 Å². The van der Waals surface area contributed by atoms with Crippen LogP contribution >= 0.6 is 0 Å². The van der Waals surface area contributed by atoms with Crippen molar-refractivity contribution in [1.29, 1.82) is 0 Å². The SMILES string of the molecule is Cn1nnnc1-c1cc(N)c(F)cc1F. The first kappa shape index (κ1) is 9.50. The molecule has 7 heteroatoms. The molecule has 1 heterocycles. The molecular weight excluding hydrogens is 204 g/mol. The van der Waals surface area contributed by atoms with Gasteiger partial charge in [-0.25, -0.2) is 13.5 Å². The summed E-state index contributed by atoms with van der Waals surface area (Å²) in [5, 5.41) is 10.5. The van der Waals surface area contributed by atoms with Gasteiger partial charge in [0.2, 0.25) is 0 Å². The van der Waals surface area contributed by atoms with E-state index in [0.717, 1.165) is 6.07 Å². The smallest absolute Gasteiger partial charge is 0.184 e. The summed E-state index contributed by atoms with van der Waals surface area (Å²) in [6.07, 6.45) is 0. The maximum Gasteiger partial charge on any atom is 0.184 e. The highest BCUT2D eigenvalue weighted by atomic mass is 19.1. The van der Waals surface area contributed by atoms with Crippen LogP contribution in [0.4, 0.5) is 14.5 Å². The van der Waals surface area contributed by atoms with Crippen molar-refractivity contribution in [2.75, 3.05) is 5.73 Å². The molecule has 0 aliphatic heterocycles. The van der Waals surface area contributed by atoms with E-state index in [9.17, 15) is 8.78 Å². The van der Waals surface area contributed by atoms with Gasteiger partial charge in [-0.3, -0.25) is 0 Å². The molecule has 1 aromatic heterocycles. The minimum Gasteiger partial charge on any atom is -0.396 e. The third kappa shape index (κ3) is 1.51. The van der Waals surface area contributed by atoms with Gasteiger partial charge in [0.25, 0.3) is 0 Å². The molecule has 78 valence electrons. The predicted octanol–water partition coefficient (Wildman–Crippen LogP) is 0.737. The Kier molecular flexibility index (Phi) is 2.07. The summed E-state index contributed by atoms with van der Waals surface area (Å²) in [6, 6.07) is 1.87. The van der Waals surface area contributed by atoms with E-state index in [-0.39, 0.29) is 17.1 Å². The normalized spacial score (nSPS) is 10.6. The largest absolute Gasteiger partial charge is 0.396 e. The lowest BCUT2D eigenvalue weighted by molar-refractivity contribution is 0.586. The maximum absolute atomic E-state index is 13.4. The first-order valence-corrected chi connectivity index (χ1v) is 4.07. The Morgan fingerprint density at radius 2 is 2.00 bits per heavy atom. The Bertz CT molecular complexity index is 508. The highest BCUT2D eigenvalue weighted by Crippen LogP contribution is 2.24. The number of aryl methyl sites for hydroxylation is 1. The van der Waals surface area contributed by atoms with Gasteiger partial charge in [-0.1, -0.05) is 0 Å². The standard InChI is InChI=1S/C8H7F2N5/c1-15-8(12-13-14-15)4-2-7(11)6(10)3-5(4)9/h2-3H,11H2,1H3. The zero-order valence-electron chi connectivity index (χ0n) is 7.78. The number of tetrazole rings is 1. The van der Waals surface area contributed by atoms with Gasteiger partial charge < -0.3 is 5.73 Å². The van der Waals surface area contributed by atoms with Crippen molar-refractivity contribution < 1.29 is 8.78 Å². The molecule has 0 bridgehead atoms. The van der Waals surface area contributed by atoms with E-state index in [1.807, 2.05) is 0 Å². The Hall–Kier alpha value is -2.05. The summed E-state index contributed by atoms with van der Waals surface area (Å²) in [5.74, 6) is -1.36. The van der Waals surface area contributed by atoms with Crippen LogP contribution in [0.3, 0.4) is 0 Å². The third-order valence-electron chi connectivity index (χ3n) is 1.95. The van der Waals surface area contributed by atoms with Crippen molar-refractivity contribution in [2.24, 2.45) is 7.05 Å². The molecule has 1 aromatic carbocycles. The van der Waals surface area contributed by atoms with Crippen molar-refractivity contribution in [3.05, 3.63) is 23.8 Å². The quantitative estimate of drug-likeness (QED) is 0.706. The lowest BCUT2D eigenvalue weighted by Gasteiger charge is -2.03. The fraction of sp³-hybridized carbons (Fsp3) is 0.125. The first-order valence-electron chi connectivity index (χ1n) is 4.07. The van der Waals surface area contributed by atoms with Crippen LogP contribution in [0, 0.1) is 11.6 Å². The zero-order valence-corrected chi connectivity index (χ0v) is 7.78. The van der Waals surface area contributed by atoms with Gasteiger partial charge in [-0.15, -0.1) is 5.10 Å². The molecule has 2 rings (SSSR count). The fourth-order valence-electron chi connectivity index (χ4n) is 1.19. The Balaban J connectivity index is 2.64. The zero-order chi connectivity index (χ0) is 11.0. The van der Waals surface area contributed by atoms with E-state index in [4.69, 9.17) is 5.73 Å². The van der Waals surface area contributed by atoms with Crippen LogP contribution < -0.4 is 5.73 Å². The summed E-state index contributed by atoms with van der Waals surface area (Å²) < 4.78 is 27.5. The van der Waals surface area contributed by atoms with E-state index in [1.54, 1.807) is 7.05 Å².